The van der Waals surface area contributed by atoms with Crippen LogP contribution in [0.25, 0.3) is 0 Å². The predicted octanol–water partition coefficient (Wildman–Crippen LogP) is 0.448. The molecule has 0 aliphatic carbocycles. The number of aromatic nitrogens is 1. The first-order chi connectivity index (χ1) is 8.02. The average molecular weight is 303 g/mol. The van der Waals surface area contributed by atoms with E-state index < -0.39 is 12.2 Å². The summed E-state index contributed by atoms with van der Waals surface area (Å²) in [5, 5.41) is 18.9. The van der Waals surface area contributed by atoms with Gasteiger partial charge in [-0.2, -0.15) is 0 Å². The summed E-state index contributed by atoms with van der Waals surface area (Å²) in [6.07, 6.45) is 0.163. The smallest absolute Gasteiger partial charge is 0.270 e. The minimum atomic E-state index is -0.840. The molecular weight excluding hydrogens is 288 g/mol. The van der Waals surface area contributed by atoms with E-state index >= 15 is 0 Å². The van der Waals surface area contributed by atoms with Crippen LogP contribution in [-0.4, -0.2) is 50.9 Å². The lowest BCUT2D eigenvalue weighted by Gasteiger charge is -2.16. The van der Waals surface area contributed by atoms with E-state index in [1.807, 2.05) is 17.7 Å². The summed E-state index contributed by atoms with van der Waals surface area (Å²) in [7, 11) is 0. The Labute approximate surface area is 108 Å². The fraction of sp³-hybridized carbons (Fsp3) is 0.545. The molecule has 0 unspecified atom stereocenters. The summed E-state index contributed by atoms with van der Waals surface area (Å²) in [6, 6.07) is 1.75. The van der Waals surface area contributed by atoms with Crippen molar-refractivity contribution in [2.24, 2.45) is 0 Å². The lowest BCUT2D eigenvalue weighted by Crippen LogP contribution is -2.31. The lowest BCUT2D eigenvalue weighted by molar-refractivity contribution is 0.0572. The van der Waals surface area contributed by atoms with Crippen LogP contribution in [0.4, 0.5) is 0 Å². The zero-order chi connectivity index (χ0) is 12.6. The van der Waals surface area contributed by atoms with Gasteiger partial charge in [-0.25, -0.2) is 0 Å². The maximum atomic E-state index is 12.2. The highest BCUT2D eigenvalue weighted by atomic mass is 79.9. The van der Waals surface area contributed by atoms with Gasteiger partial charge in [0.2, 0.25) is 0 Å². The van der Waals surface area contributed by atoms with Gasteiger partial charge >= 0.3 is 0 Å². The van der Waals surface area contributed by atoms with E-state index in [1.54, 1.807) is 6.07 Å². The molecule has 2 N–H and O–H groups in total. The fourth-order valence-corrected chi connectivity index (χ4v) is 2.48. The number of likely N-dealkylation sites (tertiary alicyclic amines) is 1. The minimum Gasteiger partial charge on any atom is -0.388 e. The SMILES string of the molecule is CCn1cc(Br)cc1C(=O)N1C[C@@H](O)[C@@H](O)C1. The number of aliphatic hydroxyl groups is 2. The molecular formula is C11H15BrN2O3. The summed E-state index contributed by atoms with van der Waals surface area (Å²) in [6.45, 7) is 3.03. The molecule has 6 heteroatoms. The number of halogens is 1. The predicted molar refractivity (Wildman–Crippen MR) is 65.7 cm³/mol. The number of β-amino-alcohol motifs (C(OH)–C–C–N with tert-alkyl or cyclic N) is 2. The Balaban J connectivity index is 2.20. The number of nitrogens with zero attached hydrogens (tertiary/aromatic N) is 2. The van der Waals surface area contributed by atoms with Gasteiger partial charge in [-0.05, 0) is 28.9 Å². The largest absolute Gasteiger partial charge is 0.388 e. The standard InChI is InChI=1S/C11H15BrN2O3/c1-2-13-4-7(12)3-8(13)11(17)14-5-9(15)10(16)6-14/h3-4,9-10,15-16H,2,5-6H2,1H3/t9-,10+. The molecule has 5 nitrogen and oxygen atoms in total. The fourth-order valence-electron chi connectivity index (χ4n) is 2.01. The highest BCUT2D eigenvalue weighted by Crippen LogP contribution is 2.19. The van der Waals surface area contributed by atoms with Crippen LogP contribution in [-0.2, 0) is 6.54 Å². The molecule has 1 amide bonds. The van der Waals surface area contributed by atoms with Gasteiger partial charge in [0.25, 0.3) is 5.91 Å². The quantitative estimate of drug-likeness (QED) is 0.833. The van der Waals surface area contributed by atoms with Gasteiger partial charge in [0, 0.05) is 30.3 Å². The summed E-state index contributed by atoms with van der Waals surface area (Å²) >= 11 is 3.33. The molecule has 0 radical (unpaired) electrons. The van der Waals surface area contributed by atoms with Crippen LogP contribution < -0.4 is 0 Å². The highest BCUT2D eigenvalue weighted by molar-refractivity contribution is 9.10. The van der Waals surface area contributed by atoms with E-state index in [0.717, 1.165) is 4.47 Å². The van der Waals surface area contributed by atoms with Gasteiger partial charge in [0.1, 0.15) is 5.69 Å². The molecule has 0 bridgehead atoms. The summed E-state index contributed by atoms with van der Waals surface area (Å²) in [5.41, 5.74) is 0.570. The third-order valence-corrected chi connectivity index (χ3v) is 3.40. The number of carbonyl (C=O) groups excluding carboxylic acids is 1. The van der Waals surface area contributed by atoms with Crippen molar-refractivity contribution < 1.29 is 15.0 Å². The molecule has 0 spiro atoms. The van der Waals surface area contributed by atoms with Crippen molar-refractivity contribution in [3.05, 3.63) is 22.4 Å². The molecule has 2 heterocycles. The second-order valence-electron chi connectivity index (χ2n) is 4.17. The van der Waals surface area contributed by atoms with E-state index in [0.29, 0.717) is 12.2 Å². The first-order valence-electron chi connectivity index (χ1n) is 5.54. The van der Waals surface area contributed by atoms with Gasteiger partial charge in [-0.15, -0.1) is 0 Å². The number of amides is 1. The molecule has 1 aromatic heterocycles. The Morgan fingerprint density at radius 2 is 2.06 bits per heavy atom. The van der Waals surface area contributed by atoms with Crippen LogP contribution in [0.3, 0.4) is 0 Å². The monoisotopic (exact) mass is 302 g/mol. The highest BCUT2D eigenvalue weighted by Gasteiger charge is 2.33. The molecule has 2 atom stereocenters. The normalized spacial score (nSPS) is 24.4. The van der Waals surface area contributed by atoms with E-state index in [4.69, 9.17) is 0 Å². The van der Waals surface area contributed by atoms with Gasteiger partial charge in [-0.1, -0.05) is 0 Å². The second-order valence-corrected chi connectivity index (χ2v) is 5.09. The maximum absolute atomic E-state index is 12.2. The van der Waals surface area contributed by atoms with Crippen LogP contribution in [0.1, 0.15) is 17.4 Å². The van der Waals surface area contributed by atoms with Crippen molar-refractivity contribution >= 4 is 21.8 Å². The third kappa shape index (κ3) is 2.38. The zero-order valence-corrected chi connectivity index (χ0v) is 11.1. The number of carbonyl (C=O) groups is 1. The molecule has 17 heavy (non-hydrogen) atoms. The Hall–Kier alpha value is -0.850. The summed E-state index contributed by atoms with van der Waals surface area (Å²) in [5.74, 6) is -0.159. The van der Waals surface area contributed by atoms with Crippen molar-refractivity contribution in [1.29, 1.82) is 0 Å². The van der Waals surface area contributed by atoms with Crippen LogP contribution in [0.15, 0.2) is 16.7 Å². The van der Waals surface area contributed by atoms with Crippen molar-refractivity contribution in [2.45, 2.75) is 25.7 Å². The van der Waals surface area contributed by atoms with Crippen molar-refractivity contribution in [1.82, 2.24) is 9.47 Å². The number of rotatable bonds is 2. The molecule has 1 aromatic rings. The molecule has 1 aliphatic heterocycles. The van der Waals surface area contributed by atoms with Crippen LogP contribution in [0.5, 0.6) is 0 Å². The van der Waals surface area contributed by atoms with Crippen LogP contribution in [0.2, 0.25) is 0 Å². The first kappa shape index (κ1) is 12.6. The average Bonchev–Trinajstić information content (AvgIpc) is 2.82. The topological polar surface area (TPSA) is 65.7 Å². The zero-order valence-electron chi connectivity index (χ0n) is 9.51. The minimum absolute atomic E-state index is 0.159. The van der Waals surface area contributed by atoms with E-state index in [2.05, 4.69) is 15.9 Å². The number of hydrogen-bond donors (Lipinski definition) is 2. The second kappa shape index (κ2) is 4.80. The molecule has 1 saturated heterocycles. The molecule has 0 aromatic carbocycles. The molecule has 0 saturated carbocycles. The van der Waals surface area contributed by atoms with Gasteiger partial charge < -0.3 is 19.7 Å². The molecule has 2 rings (SSSR count). The first-order valence-corrected chi connectivity index (χ1v) is 6.33. The molecule has 1 aliphatic rings. The van der Waals surface area contributed by atoms with E-state index in [9.17, 15) is 15.0 Å². The Morgan fingerprint density at radius 1 is 1.47 bits per heavy atom. The van der Waals surface area contributed by atoms with E-state index in [1.165, 1.54) is 4.90 Å². The summed E-state index contributed by atoms with van der Waals surface area (Å²) in [4.78, 5) is 13.7. The van der Waals surface area contributed by atoms with Crippen LogP contribution in [0, 0.1) is 0 Å². The Morgan fingerprint density at radius 3 is 2.59 bits per heavy atom. The molecule has 94 valence electrons. The van der Waals surface area contributed by atoms with Crippen molar-refractivity contribution in [3.8, 4) is 0 Å². The Bertz CT molecular complexity index is 422. The van der Waals surface area contributed by atoms with Crippen molar-refractivity contribution in [2.75, 3.05) is 13.1 Å². The third-order valence-electron chi connectivity index (χ3n) is 2.97. The molecule has 1 fully saturated rings. The van der Waals surface area contributed by atoms with Crippen LogP contribution >= 0.6 is 15.9 Å². The summed E-state index contributed by atoms with van der Waals surface area (Å²) < 4.78 is 2.69. The lowest BCUT2D eigenvalue weighted by atomic mass is 10.3. The Kier molecular flexibility index (Phi) is 3.56. The van der Waals surface area contributed by atoms with Crippen molar-refractivity contribution in [3.63, 3.8) is 0 Å². The van der Waals surface area contributed by atoms with E-state index in [-0.39, 0.29) is 19.0 Å². The van der Waals surface area contributed by atoms with Gasteiger partial charge in [-0.3, -0.25) is 4.79 Å². The van der Waals surface area contributed by atoms with Gasteiger partial charge in [0.15, 0.2) is 0 Å². The maximum Gasteiger partial charge on any atom is 0.270 e. The van der Waals surface area contributed by atoms with Gasteiger partial charge in [0.05, 0.1) is 12.2 Å². The number of aliphatic hydroxyl groups excluding tert-OH is 2. The number of hydrogen-bond acceptors (Lipinski definition) is 3. The number of aryl methyl sites for hydroxylation is 1.